The summed E-state index contributed by atoms with van der Waals surface area (Å²) < 4.78 is 15.5. The monoisotopic (exact) mass is 336 g/mol. The molecule has 1 heterocycles. The largest absolute Gasteiger partial charge is 0.354 e. The number of hydrogen-bond donors (Lipinski definition) is 2. The molecule has 0 amide bonds. The molecule has 1 saturated carbocycles. The summed E-state index contributed by atoms with van der Waals surface area (Å²) in [5.74, 6) is 8.40. The Hall–Kier alpha value is -1.05. The maximum Gasteiger partial charge on any atom is 0.0679 e. The van der Waals surface area contributed by atoms with Gasteiger partial charge in [0.1, 0.15) is 0 Å². The van der Waals surface area contributed by atoms with Gasteiger partial charge in [-0.3, -0.25) is 4.21 Å². The van der Waals surface area contributed by atoms with E-state index in [2.05, 4.69) is 48.2 Å². The molecular weight excluding hydrogens is 304 g/mol. The Balaban J connectivity index is 1.98. The topological polar surface area (TPSA) is 32.3 Å². The molecule has 1 N–H and O–H groups in total. The molecular formula is C19H32N2OS. The van der Waals surface area contributed by atoms with Crippen LogP contribution in [0.4, 0.5) is 0 Å². The first-order valence-corrected chi connectivity index (χ1v) is 11.2. The number of fused-ring (bicyclic) bond motifs is 1. The average molecular weight is 337 g/mol. The normalized spacial score (nSPS) is 25.3. The summed E-state index contributed by atoms with van der Waals surface area (Å²) in [4.78, 5) is 2.13. The van der Waals surface area contributed by atoms with Crippen LogP contribution in [-0.4, -0.2) is 34.7 Å². The third-order valence-corrected chi connectivity index (χ3v) is 7.05. The SMILES string of the molecule is C=C1C2CCCCC2C(C#CCN[SH](C)(=O)CCCC)=CN1C. The van der Waals surface area contributed by atoms with Crippen molar-refractivity contribution in [3.05, 3.63) is 24.0 Å². The molecule has 0 aromatic rings. The van der Waals surface area contributed by atoms with Gasteiger partial charge in [-0.1, -0.05) is 54.7 Å². The van der Waals surface area contributed by atoms with E-state index in [-0.39, 0.29) is 0 Å². The molecule has 2 unspecified atom stereocenters. The zero-order valence-electron chi connectivity index (χ0n) is 14.9. The minimum Gasteiger partial charge on any atom is -0.354 e. The minimum absolute atomic E-state index is 0.511. The summed E-state index contributed by atoms with van der Waals surface area (Å²) in [6.07, 6.45) is 11.1. The zero-order valence-corrected chi connectivity index (χ0v) is 15.8. The van der Waals surface area contributed by atoms with E-state index in [0.717, 1.165) is 18.6 Å². The van der Waals surface area contributed by atoms with E-state index in [1.54, 1.807) is 0 Å². The van der Waals surface area contributed by atoms with E-state index in [1.165, 1.54) is 37.0 Å². The Kier molecular flexibility index (Phi) is 6.50. The number of nitrogens with one attached hydrogen (secondary N) is 1. The Morgan fingerprint density at radius 1 is 1.39 bits per heavy atom. The summed E-state index contributed by atoms with van der Waals surface area (Å²) in [5, 5.41) is 0. The molecule has 4 heteroatoms. The maximum atomic E-state index is 12.3. The lowest BCUT2D eigenvalue weighted by atomic mass is 9.72. The zero-order chi connectivity index (χ0) is 16.9. The number of nitrogens with zero attached hydrogens (tertiary/aromatic N) is 1. The van der Waals surface area contributed by atoms with Crippen molar-refractivity contribution < 1.29 is 4.21 Å². The summed E-state index contributed by atoms with van der Waals surface area (Å²) in [7, 11) is -0.159. The van der Waals surface area contributed by atoms with Gasteiger partial charge in [-0.05, 0) is 19.3 Å². The van der Waals surface area contributed by atoms with Crippen LogP contribution >= 0.6 is 0 Å². The Morgan fingerprint density at radius 3 is 2.78 bits per heavy atom. The van der Waals surface area contributed by atoms with Gasteiger partial charge in [0.15, 0.2) is 0 Å². The van der Waals surface area contributed by atoms with Crippen molar-refractivity contribution in [1.29, 1.82) is 0 Å². The molecule has 0 saturated heterocycles. The highest BCUT2D eigenvalue weighted by atomic mass is 32.3. The predicted octanol–water partition coefficient (Wildman–Crippen LogP) is 3.09. The molecule has 3 nitrogen and oxygen atoms in total. The van der Waals surface area contributed by atoms with Crippen LogP contribution in [0.15, 0.2) is 24.0 Å². The summed E-state index contributed by atoms with van der Waals surface area (Å²) in [6, 6.07) is 0. The number of allylic oxidation sites excluding steroid dienone is 2. The lowest BCUT2D eigenvalue weighted by Gasteiger charge is -2.40. The Labute approximate surface area is 143 Å². The van der Waals surface area contributed by atoms with Gasteiger partial charge in [-0.2, -0.15) is 0 Å². The fraction of sp³-hybridized carbons (Fsp3) is 0.684. The van der Waals surface area contributed by atoms with Crippen LogP contribution in [0.5, 0.6) is 0 Å². The smallest absolute Gasteiger partial charge is 0.0679 e. The first-order chi connectivity index (χ1) is 10.9. The van der Waals surface area contributed by atoms with Gasteiger partial charge < -0.3 is 4.90 Å². The summed E-state index contributed by atoms with van der Waals surface area (Å²) in [6.45, 7) is 6.89. The highest BCUT2D eigenvalue weighted by Crippen LogP contribution is 2.42. The number of thiol groups is 1. The minimum atomic E-state index is -2.23. The van der Waals surface area contributed by atoms with Crippen molar-refractivity contribution in [2.24, 2.45) is 11.8 Å². The van der Waals surface area contributed by atoms with Crippen LogP contribution in [0.2, 0.25) is 0 Å². The van der Waals surface area contributed by atoms with Crippen molar-refractivity contribution in [1.82, 2.24) is 9.62 Å². The highest BCUT2D eigenvalue weighted by molar-refractivity contribution is 8.00. The van der Waals surface area contributed by atoms with E-state index in [9.17, 15) is 4.21 Å². The van der Waals surface area contributed by atoms with Crippen LogP contribution in [0.25, 0.3) is 0 Å². The first kappa shape index (κ1) is 18.3. The molecule has 2 aliphatic rings. The third kappa shape index (κ3) is 4.96. The van der Waals surface area contributed by atoms with E-state index in [0.29, 0.717) is 18.4 Å². The van der Waals surface area contributed by atoms with Crippen LogP contribution in [0.1, 0.15) is 45.4 Å². The van der Waals surface area contributed by atoms with Gasteiger partial charge >= 0.3 is 0 Å². The van der Waals surface area contributed by atoms with Gasteiger partial charge in [0.2, 0.25) is 0 Å². The molecule has 0 bridgehead atoms. The van der Waals surface area contributed by atoms with Crippen LogP contribution < -0.4 is 4.72 Å². The molecule has 1 aliphatic heterocycles. The second-order valence-corrected chi connectivity index (χ2v) is 9.96. The van der Waals surface area contributed by atoms with Crippen LogP contribution in [0, 0.1) is 23.7 Å². The molecule has 0 spiro atoms. The average Bonchev–Trinajstić information content (AvgIpc) is 2.54. The second kappa shape index (κ2) is 8.17. The van der Waals surface area contributed by atoms with E-state index >= 15 is 0 Å². The lowest BCUT2D eigenvalue weighted by molar-refractivity contribution is 0.255. The predicted molar refractivity (Wildman–Crippen MR) is 101 cm³/mol. The van der Waals surface area contributed by atoms with Gasteiger partial charge in [0, 0.05) is 48.4 Å². The molecule has 2 atom stereocenters. The summed E-state index contributed by atoms with van der Waals surface area (Å²) in [5.41, 5.74) is 2.46. The molecule has 0 aromatic heterocycles. The second-order valence-electron chi connectivity index (χ2n) is 7.00. The molecule has 0 aromatic carbocycles. The standard InChI is InChI=1S/C19H32N2OS/c1-5-6-14-23(4,22)20-13-9-10-17-15-21(3)16(2)18-11-7-8-12-19(17)18/h15,18-19,23H,2,5-8,11-14H2,1,3-4H3,(H,20,22). The van der Waals surface area contributed by atoms with Crippen molar-refractivity contribution in [2.45, 2.75) is 45.4 Å². The van der Waals surface area contributed by atoms with Gasteiger partial charge in [0.05, 0.1) is 6.54 Å². The van der Waals surface area contributed by atoms with Gasteiger partial charge in [0.25, 0.3) is 0 Å². The Morgan fingerprint density at radius 2 is 2.09 bits per heavy atom. The number of rotatable bonds is 5. The molecule has 0 radical (unpaired) electrons. The fourth-order valence-corrected chi connectivity index (χ4v) is 5.06. The summed E-state index contributed by atoms with van der Waals surface area (Å²) >= 11 is 0. The van der Waals surface area contributed by atoms with E-state index in [4.69, 9.17) is 0 Å². The number of hydrogen-bond acceptors (Lipinski definition) is 2. The van der Waals surface area contributed by atoms with E-state index in [1.807, 2.05) is 6.26 Å². The number of unbranched alkanes of at least 4 members (excludes halogenated alkanes) is 1. The van der Waals surface area contributed by atoms with Crippen LogP contribution in [0.3, 0.4) is 0 Å². The van der Waals surface area contributed by atoms with Crippen molar-refractivity contribution in [2.75, 3.05) is 25.6 Å². The Bertz CT molecular complexity index is 570. The van der Waals surface area contributed by atoms with Crippen molar-refractivity contribution in [3.63, 3.8) is 0 Å². The molecule has 2 rings (SSSR count). The first-order valence-electron chi connectivity index (χ1n) is 8.88. The van der Waals surface area contributed by atoms with Crippen LogP contribution in [-0.2, 0) is 10.1 Å². The maximum absolute atomic E-state index is 12.3. The van der Waals surface area contributed by atoms with E-state index < -0.39 is 10.1 Å². The quantitative estimate of drug-likeness (QED) is 0.597. The fourth-order valence-electron chi connectivity index (χ4n) is 3.57. The molecule has 1 fully saturated rings. The third-order valence-electron chi connectivity index (χ3n) is 5.05. The van der Waals surface area contributed by atoms with Gasteiger partial charge in [-0.25, -0.2) is 4.72 Å². The van der Waals surface area contributed by atoms with Crippen molar-refractivity contribution >= 4 is 10.1 Å². The molecule has 1 aliphatic carbocycles. The lowest BCUT2D eigenvalue weighted by Crippen LogP contribution is -2.34. The molecule has 130 valence electrons. The highest BCUT2D eigenvalue weighted by Gasteiger charge is 2.33. The van der Waals surface area contributed by atoms with Gasteiger partial charge in [-0.15, -0.1) is 0 Å². The van der Waals surface area contributed by atoms with Crippen molar-refractivity contribution in [3.8, 4) is 11.8 Å². The molecule has 23 heavy (non-hydrogen) atoms.